The van der Waals surface area contributed by atoms with E-state index in [4.69, 9.17) is 11.6 Å². The van der Waals surface area contributed by atoms with Gasteiger partial charge in [-0.2, -0.15) is 0 Å². The van der Waals surface area contributed by atoms with Crippen molar-refractivity contribution in [2.24, 2.45) is 4.99 Å². The normalized spacial score (nSPS) is 15.1. The third-order valence-electron chi connectivity index (χ3n) is 4.60. The fraction of sp³-hybridized carbons (Fsp3) is 0.368. The van der Waals surface area contributed by atoms with Gasteiger partial charge >= 0.3 is 0 Å². The van der Waals surface area contributed by atoms with Crippen molar-refractivity contribution < 1.29 is 4.39 Å². The maximum absolute atomic E-state index is 13.5. The van der Waals surface area contributed by atoms with Crippen molar-refractivity contribution in [2.45, 2.75) is 24.7 Å². The predicted molar refractivity (Wildman–Crippen MR) is 115 cm³/mol. The lowest BCUT2D eigenvalue weighted by atomic mass is 9.96. The lowest BCUT2D eigenvalue weighted by molar-refractivity contribution is 0.607. The van der Waals surface area contributed by atoms with E-state index in [0.29, 0.717) is 5.15 Å². The SMILES string of the molecule is CN=C(NCCc1ccc(Cl)nc1)NCC1(c2cccc(F)c2)CC1.I. The lowest BCUT2D eigenvalue weighted by Gasteiger charge is -2.19. The van der Waals surface area contributed by atoms with Gasteiger partial charge in [-0.1, -0.05) is 29.8 Å². The second-order valence-electron chi connectivity index (χ2n) is 6.38. The van der Waals surface area contributed by atoms with Crippen LogP contribution in [0, 0.1) is 5.82 Å². The first-order valence-corrected chi connectivity index (χ1v) is 8.80. The van der Waals surface area contributed by atoms with Crippen LogP contribution in [-0.4, -0.2) is 31.1 Å². The number of nitrogens with zero attached hydrogens (tertiary/aromatic N) is 2. The summed E-state index contributed by atoms with van der Waals surface area (Å²) in [6.07, 6.45) is 4.75. The summed E-state index contributed by atoms with van der Waals surface area (Å²) >= 11 is 5.79. The van der Waals surface area contributed by atoms with Gasteiger partial charge in [0.25, 0.3) is 0 Å². The van der Waals surface area contributed by atoms with Gasteiger partial charge in [0.1, 0.15) is 11.0 Å². The summed E-state index contributed by atoms with van der Waals surface area (Å²) in [6.45, 7) is 1.49. The van der Waals surface area contributed by atoms with E-state index < -0.39 is 0 Å². The molecule has 140 valence electrons. The van der Waals surface area contributed by atoms with E-state index in [1.807, 2.05) is 12.1 Å². The summed E-state index contributed by atoms with van der Waals surface area (Å²) in [5.41, 5.74) is 2.20. The number of hydrogen-bond donors (Lipinski definition) is 2. The molecular weight excluding hydrogens is 466 g/mol. The molecule has 1 fully saturated rings. The van der Waals surface area contributed by atoms with Crippen LogP contribution in [0.2, 0.25) is 5.15 Å². The Morgan fingerprint density at radius 1 is 1.27 bits per heavy atom. The molecule has 0 unspecified atom stereocenters. The minimum absolute atomic E-state index is 0. The summed E-state index contributed by atoms with van der Waals surface area (Å²) < 4.78 is 13.5. The Balaban J connectivity index is 0.00000243. The van der Waals surface area contributed by atoms with E-state index in [1.54, 1.807) is 31.4 Å². The van der Waals surface area contributed by atoms with Crippen molar-refractivity contribution in [3.63, 3.8) is 0 Å². The van der Waals surface area contributed by atoms with Gasteiger partial charge < -0.3 is 10.6 Å². The average molecular weight is 489 g/mol. The summed E-state index contributed by atoms with van der Waals surface area (Å²) in [4.78, 5) is 8.33. The summed E-state index contributed by atoms with van der Waals surface area (Å²) in [5, 5.41) is 7.17. The smallest absolute Gasteiger partial charge is 0.191 e. The number of rotatable bonds is 6. The van der Waals surface area contributed by atoms with Gasteiger partial charge in [0, 0.05) is 31.7 Å². The second-order valence-corrected chi connectivity index (χ2v) is 6.77. The zero-order valence-corrected chi connectivity index (χ0v) is 17.7. The molecule has 0 spiro atoms. The molecule has 0 aliphatic heterocycles. The molecule has 3 rings (SSSR count). The zero-order chi connectivity index (χ0) is 17.7. The molecule has 0 saturated heterocycles. The quantitative estimate of drug-likeness (QED) is 0.280. The highest BCUT2D eigenvalue weighted by Crippen LogP contribution is 2.47. The first-order chi connectivity index (χ1) is 12.1. The van der Waals surface area contributed by atoms with E-state index in [9.17, 15) is 4.39 Å². The number of halogens is 3. The van der Waals surface area contributed by atoms with Gasteiger partial charge in [-0.05, 0) is 48.6 Å². The molecule has 26 heavy (non-hydrogen) atoms. The van der Waals surface area contributed by atoms with Crippen LogP contribution >= 0.6 is 35.6 Å². The summed E-state index contributed by atoms with van der Waals surface area (Å²) in [7, 11) is 1.75. The lowest BCUT2D eigenvalue weighted by Crippen LogP contribution is -2.42. The Bertz CT molecular complexity index is 747. The Labute approximate surface area is 175 Å². The van der Waals surface area contributed by atoms with Crippen molar-refractivity contribution >= 4 is 41.5 Å². The molecule has 1 aliphatic rings. The largest absolute Gasteiger partial charge is 0.356 e. The zero-order valence-electron chi connectivity index (χ0n) is 14.6. The Kier molecular flexibility index (Phi) is 7.64. The van der Waals surface area contributed by atoms with E-state index >= 15 is 0 Å². The van der Waals surface area contributed by atoms with Gasteiger partial charge in [-0.25, -0.2) is 9.37 Å². The molecule has 7 heteroatoms. The number of hydrogen-bond acceptors (Lipinski definition) is 2. The van der Waals surface area contributed by atoms with Crippen LogP contribution in [0.4, 0.5) is 4.39 Å². The maximum atomic E-state index is 13.5. The average Bonchev–Trinajstić information content (AvgIpc) is 3.41. The second kappa shape index (κ2) is 9.50. The van der Waals surface area contributed by atoms with Crippen LogP contribution < -0.4 is 10.6 Å². The Hall–Kier alpha value is -1.41. The molecule has 1 aromatic carbocycles. The highest BCUT2D eigenvalue weighted by molar-refractivity contribution is 14.0. The van der Waals surface area contributed by atoms with Crippen molar-refractivity contribution in [3.8, 4) is 0 Å². The molecule has 1 saturated carbocycles. The van der Waals surface area contributed by atoms with E-state index in [2.05, 4.69) is 20.6 Å². The molecule has 2 N–H and O–H groups in total. The molecule has 0 amide bonds. The Morgan fingerprint density at radius 2 is 2.08 bits per heavy atom. The van der Waals surface area contributed by atoms with Gasteiger partial charge in [-0.15, -0.1) is 24.0 Å². The first-order valence-electron chi connectivity index (χ1n) is 8.42. The fourth-order valence-corrected chi connectivity index (χ4v) is 3.00. The van der Waals surface area contributed by atoms with Crippen molar-refractivity contribution in [2.75, 3.05) is 20.1 Å². The minimum atomic E-state index is -0.178. The van der Waals surface area contributed by atoms with Crippen LogP contribution in [0.1, 0.15) is 24.0 Å². The number of guanidine groups is 1. The minimum Gasteiger partial charge on any atom is -0.356 e. The molecule has 0 atom stereocenters. The number of aliphatic imine (C=N–C) groups is 1. The van der Waals surface area contributed by atoms with Crippen LogP contribution in [0.5, 0.6) is 0 Å². The van der Waals surface area contributed by atoms with Crippen molar-refractivity contribution in [1.82, 2.24) is 15.6 Å². The third-order valence-corrected chi connectivity index (χ3v) is 4.83. The van der Waals surface area contributed by atoms with Crippen LogP contribution in [0.15, 0.2) is 47.6 Å². The highest BCUT2D eigenvalue weighted by atomic mass is 127. The van der Waals surface area contributed by atoms with Gasteiger partial charge in [0.2, 0.25) is 0 Å². The summed E-state index contributed by atoms with van der Waals surface area (Å²) in [5.74, 6) is 0.576. The highest BCUT2D eigenvalue weighted by Gasteiger charge is 2.44. The Morgan fingerprint density at radius 3 is 2.69 bits per heavy atom. The van der Waals surface area contributed by atoms with Crippen molar-refractivity contribution in [3.05, 3.63) is 64.7 Å². The number of nitrogens with one attached hydrogen (secondary N) is 2. The van der Waals surface area contributed by atoms with E-state index in [0.717, 1.165) is 49.4 Å². The third kappa shape index (κ3) is 5.54. The standard InChI is InChI=1S/C19H22ClFN4.HI/c1-22-18(23-10-7-14-5-6-17(20)24-12-14)25-13-19(8-9-19)15-3-2-4-16(21)11-15;/h2-6,11-12H,7-10,13H2,1H3,(H2,22,23,25);1H. The molecule has 1 aromatic heterocycles. The van der Waals surface area contributed by atoms with Crippen LogP contribution in [0.25, 0.3) is 0 Å². The molecular formula is C19H23ClFIN4. The number of aromatic nitrogens is 1. The fourth-order valence-electron chi connectivity index (χ4n) is 2.89. The number of benzene rings is 1. The maximum Gasteiger partial charge on any atom is 0.191 e. The molecule has 1 aliphatic carbocycles. The van der Waals surface area contributed by atoms with Crippen LogP contribution in [0.3, 0.4) is 0 Å². The van der Waals surface area contributed by atoms with Crippen molar-refractivity contribution in [1.29, 1.82) is 0 Å². The topological polar surface area (TPSA) is 49.3 Å². The van der Waals surface area contributed by atoms with Gasteiger partial charge in [0.05, 0.1) is 0 Å². The van der Waals surface area contributed by atoms with Gasteiger partial charge in [0.15, 0.2) is 5.96 Å². The molecule has 2 aromatic rings. The predicted octanol–water partition coefficient (Wildman–Crippen LogP) is 3.93. The monoisotopic (exact) mass is 488 g/mol. The molecule has 0 radical (unpaired) electrons. The van der Waals surface area contributed by atoms with E-state index in [1.165, 1.54) is 6.07 Å². The van der Waals surface area contributed by atoms with Gasteiger partial charge in [-0.3, -0.25) is 4.99 Å². The number of pyridine rings is 1. The van der Waals surface area contributed by atoms with E-state index in [-0.39, 0.29) is 35.2 Å². The van der Waals surface area contributed by atoms with Crippen LogP contribution in [-0.2, 0) is 11.8 Å². The molecule has 4 nitrogen and oxygen atoms in total. The first kappa shape index (κ1) is 20.9. The molecule has 1 heterocycles. The molecule has 0 bridgehead atoms. The summed E-state index contributed by atoms with van der Waals surface area (Å²) in [6, 6.07) is 10.7.